The molecule has 0 aromatic carbocycles. The van der Waals surface area contributed by atoms with Crippen LogP contribution in [0.4, 0.5) is 26.3 Å². The third-order valence-corrected chi connectivity index (χ3v) is 3.98. The van der Waals surface area contributed by atoms with Gasteiger partial charge in [-0.3, -0.25) is 0 Å². The fourth-order valence-electron chi connectivity index (χ4n) is 2.43. The molecule has 1 aliphatic carbocycles. The lowest BCUT2D eigenvalue weighted by molar-refractivity contribution is -0.171. The van der Waals surface area contributed by atoms with E-state index in [0.29, 0.717) is 12.8 Å². The molecular formula is C15H20F6O3. The summed E-state index contributed by atoms with van der Waals surface area (Å²) in [5, 5.41) is 9.55. The highest BCUT2D eigenvalue weighted by atomic mass is 19.4. The van der Waals surface area contributed by atoms with Crippen LogP contribution in [0.3, 0.4) is 0 Å². The first kappa shape index (κ1) is 20.6. The van der Waals surface area contributed by atoms with Crippen LogP contribution in [0.15, 0.2) is 11.3 Å². The van der Waals surface area contributed by atoms with Crippen LogP contribution < -0.4 is 0 Å². The van der Waals surface area contributed by atoms with E-state index in [1.54, 1.807) is 0 Å². The molecule has 1 atom stereocenters. The summed E-state index contributed by atoms with van der Waals surface area (Å²) in [5.41, 5.74) is -1.91. The van der Waals surface area contributed by atoms with Gasteiger partial charge < -0.3 is 9.84 Å². The lowest BCUT2D eigenvalue weighted by atomic mass is 9.97. The first-order valence-electron chi connectivity index (χ1n) is 7.70. The zero-order valence-electron chi connectivity index (χ0n) is 13.1. The molecule has 0 saturated heterocycles. The molecule has 1 aliphatic rings. The van der Waals surface area contributed by atoms with Gasteiger partial charge in [-0.2, -0.15) is 26.3 Å². The van der Waals surface area contributed by atoms with Crippen LogP contribution in [0.5, 0.6) is 0 Å². The predicted molar refractivity (Wildman–Crippen MR) is 73.1 cm³/mol. The monoisotopic (exact) mass is 362 g/mol. The summed E-state index contributed by atoms with van der Waals surface area (Å²) in [7, 11) is 0. The average molecular weight is 362 g/mol. The summed E-state index contributed by atoms with van der Waals surface area (Å²) in [6, 6.07) is 0. The van der Waals surface area contributed by atoms with E-state index >= 15 is 0 Å². The van der Waals surface area contributed by atoms with Crippen molar-refractivity contribution in [2.24, 2.45) is 5.92 Å². The van der Waals surface area contributed by atoms with Crippen molar-refractivity contribution in [1.82, 2.24) is 0 Å². The van der Waals surface area contributed by atoms with Crippen molar-refractivity contribution in [1.29, 1.82) is 0 Å². The second-order valence-corrected chi connectivity index (χ2v) is 5.97. The minimum atomic E-state index is -5.20. The number of halogens is 6. The molecule has 9 heteroatoms. The third-order valence-electron chi connectivity index (χ3n) is 3.98. The van der Waals surface area contributed by atoms with Gasteiger partial charge in [-0.1, -0.05) is 13.3 Å². The molecule has 1 fully saturated rings. The van der Waals surface area contributed by atoms with Gasteiger partial charge in [0, 0.05) is 6.42 Å². The maximum absolute atomic E-state index is 13.0. The summed E-state index contributed by atoms with van der Waals surface area (Å²) in [6.45, 7) is 0.793. The van der Waals surface area contributed by atoms with E-state index in [1.807, 2.05) is 0 Å². The number of allylic oxidation sites excluding steroid dienone is 1. The third kappa shape index (κ3) is 6.24. The summed E-state index contributed by atoms with van der Waals surface area (Å²) < 4.78 is 80.9. The molecule has 1 saturated carbocycles. The smallest absolute Gasteiger partial charge is 0.426 e. The largest absolute Gasteiger partial charge is 0.511 e. The highest BCUT2D eigenvalue weighted by Gasteiger charge is 2.44. The topological polar surface area (TPSA) is 46.5 Å². The van der Waals surface area contributed by atoms with Gasteiger partial charge in [0.2, 0.25) is 0 Å². The molecule has 1 rings (SSSR count). The average Bonchev–Trinajstić information content (AvgIpc) is 2.43. The van der Waals surface area contributed by atoms with Gasteiger partial charge in [0.25, 0.3) is 0 Å². The predicted octanol–water partition coefficient (Wildman–Crippen LogP) is 5.22. The van der Waals surface area contributed by atoms with Crippen molar-refractivity contribution >= 4 is 5.97 Å². The number of ether oxygens (including phenoxy) is 1. The van der Waals surface area contributed by atoms with Gasteiger partial charge in [-0.05, 0) is 32.1 Å². The number of aliphatic hydroxyl groups excluding tert-OH is 1. The van der Waals surface area contributed by atoms with Gasteiger partial charge in [0.05, 0.1) is 5.92 Å². The number of hydrogen-bond acceptors (Lipinski definition) is 3. The zero-order valence-corrected chi connectivity index (χ0v) is 13.1. The molecule has 0 aromatic heterocycles. The molecule has 0 aromatic rings. The Morgan fingerprint density at radius 3 is 2.12 bits per heavy atom. The Kier molecular flexibility index (Phi) is 6.97. The van der Waals surface area contributed by atoms with Crippen molar-refractivity contribution in [2.45, 2.75) is 70.3 Å². The summed E-state index contributed by atoms with van der Waals surface area (Å²) >= 11 is 0. The van der Waals surface area contributed by atoms with E-state index in [2.05, 4.69) is 0 Å². The van der Waals surface area contributed by atoms with Crippen LogP contribution in [0.25, 0.3) is 0 Å². The molecular weight excluding hydrogens is 342 g/mol. The second-order valence-electron chi connectivity index (χ2n) is 5.97. The van der Waals surface area contributed by atoms with Crippen LogP contribution in [0, 0.1) is 5.92 Å². The first-order valence-corrected chi connectivity index (χ1v) is 7.70. The SMILES string of the molecule is CC(CCC(O)=C(C(=O)OC1CCCCC1)C(F)(F)F)C(F)(F)F. The fourth-order valence-corrected chi connectivity index (χ4v) is 2.43. The Bertz CT molecular complexity index is 461. The number of carbonyl (C=O) groups is 1. The Morgan fingerprint density at radius 2 is 1.67 bits per heavy atom. The Balaban J connectivity index is 2.84. The molecule has 0 heterocycles. The molecule has 0 aliphatic heterocycles. The number of rotatable bonds is 5. The van der Waals surface area contributed by atoms with Crippen molar-refractivity contribution in [3.05, 3.63) is 11.3 Å². The van der Waals surface area contributed by atoms with Crippen LogP contribution in [0.2, 0.25) is 0 Å². The number of hydrogen-bond donors (Lipinski definition) is 1. The standard InChI is InChI=1S/C15H20F6O3/c1-9(14(16,17)18)7-8-11(22)12(15(19,20)21)13(23)24-10-5-3-2-4-6-10/h9-10,22H,2-8H2,1H3. The minimum Gasteiger partial charge on any atom is -0.511 e. The van der Waals surface area contributed by atoms with Crippen LogP contribution >= 0.6 is 0 Å². The van der Waals surface area contributed by atoms with E-state index in [0.717, 1.165) is 26.2 Å². The lowest BCUT2D eigenvalue weighted by Crippen LogP contribution is -2.29. The number of aliphatic hydroxyl groups is 1. The minimum absolute atomic E-state index is 0.433. The first-order chi connectivity index (χ1) is 10.9. The van der Waals surface area contributed by atoms with Crippen molar-refractivity contribution < 1.29 is 41.0 Å². The van der Waals surface area contributed by atoms with E-state index in [1.165, 1.54) is 0 Å². The van der Waals surface area contributed by atoms with Crippen LogP contribution in [0.1, 0.15) is 51.9 Å². The molecule has 0 spiro atoms. The summed E-state index contributed by atoms with van der Waals surface area (Å²) in [5.74, 6) is -5.05. The maximum Gasteiger partial charge on any atom is 0.426 e. The highest BCUT2D eigenvalue weighted by molar-refractivity contribution is 5.90. The number of carbonyl (C=O) groups excluding carboxylic acids is 1. The molecule has 140 valence electrons. The number of alkyl halides is 6. The van der Waals surface area contributed by atoms with Gasteiger partial charge in [0.15, 0.2) is 5.57 Å². The maximum atomic E-state index is 13.0. The molecule has 24 heavy (non-hydrogen) atoms. The Morgan fingerprint density at radius 1 is 1.12 bits per heavy atom. The Labute approximate surface area is 135 Å². The summed E-state index contributed by atoms with van der Waals surface area (Å²) in [4.78, 5) is 11.8. The van der Waals surface area contributed by atoms with Crippen LogP contribution in [-0.2, 0) is 9.53 Å². The normalized spacial score (nSPS) is 19.6. The van der Waals surface area contributed by atoms with Gasteiger partial charge in [-0.25, -0.2) is 4.79 Å². The molecule has 3 nitrogen and oxygen atoms in total. The highest BCUT2D eigenvalue weighted by Crippen LogP contribution is 2.34. The fraction of sp³-hybridized carbons (Fsp3) is 0.800. The zero-order chi connectivity index (χ0) is 18.5. The second kappa shape index (κ2) is 8.11. The van der Waals surface area contributed by atoms with Crippen LogP contribution in [-0.4, -0.2) is 29.5 Å². The van der Waals surface area contributed by atoms with E-state index in [9.17, 15) is 36.2 Å². The molecule has 1 unspecified atom stereocenters. The quantitative estimate of drug-likeness (QED) is 0.316. The van der Waals surface area contributed by atoms with Gasteiger partial charge >= 0.3 is 18.3 Å². The molecule has 0 radical (unpaired) electrons. The summed E-state index contributed by atoms with van der Waals surface area (Å²) in [6.07, 6.45) is -8.90. The van der Waals surface area contributed by atoms with Gasteiger partial charge in [0.1, 0.15) is 11.9 Å². The van der Waals surface area contributed by atoms with E-state index in [4.69, 9.17) is 4.74 Å². The van der Waals surface area contributed by atoms with Crippen molar-refractivity contribution in [2.75, 3.05) is 0 Å². The van der Waals surface area contributed by atoms with E-state index in [-0.39, 0.29) is 0 Å². The van der Waals surface area contributed by atoms with Crippen molar-refractivity contribution in [3.63, 3.8) is 0 Å². The van der Waals surface area contributed by atoms with E-state index < -0.39 is 54.5 Å². The lowest BCUT2D eigenvalue weighted by Gasteiger charge is -2.23. The number of esters is 1. The van der Waals surface area contributed by atoms with Gasteiger partial charge in [-0.15, -0.1) is 0 Å². The van der Waals surface area contributed by atoms with Crippen molar-refractivity contribution in [3.8, 4) is 0 Å². The molecule has 0 amide bonds. The molecule has 0 bridgehead atoms. The molecule has 1 N–H and O–H groups in total. The Hall–Kier alpha value is -1.41.